The molecule has 4 nitrogen and oxygen atoms in total. The van der Waals surface area contributed by atoms with Crippen LogP contribution in [0, 0.1) is 5.92 Å². The highest BCUT2D eigenvalue weighted by molar-refractivity contribution is 14.0. The first-order valence-electron chi connectivity index (χ1n) is 7.50. The summed E-state index contributed by atoms with van der Waals surface area (Å²) in [7, 11) is 0. The van der Waals surface area contributed by atoms with Crippen LogP contribution in [-0.2, 0) is 0 Å². The normalized spacial score (nSPS) is 19.4. The van der Waals surface area contributed by atoms with Crippen molar-refractivity contribution in [3.8, 4) is 0 Å². The highest BCUT2D eigenvalue weighted by Gasteiger charge is 2.15. The summed E-state index contributed by atoms with van der Waals surface area (Å²) >= 11 is 0. The van der Waals surface area contributed by atoms with Crippen LogP contribution < -0.4 is 10.6 Å². The van der Waals surface area contributed by atoms with Gasteiger partial charge in [-0.2, -0.15) is 0 Å². The lowest BCUT2D eigenvalue weighted by atomic mass is 10.0. The number of halogens is 1. The van der Waals surface area contributed by atoms with Crippen LogP contribution in [0.4, 0.5) is 0 Å². The van der Waals surface area contributed by atoms with Crippen molar-refractivity contribution in [2.75, 3.05) is 39.3 Å². The topological polar surface area (TPSA) is 39.7 Å². The van der Waals surface area contributed by atoms with E-state index in [0.29, 0.717) is 0 Å². The van der Waals surface area contributed by atoms with Crippen molar-refractivity contribution in [3.05, 3.63) is 0 Å². The Morgan fingerprint density at radius 1 is 1.26 bits per heavy atom. The smallest absolute Gasteiger partial charge is 0.191 e. The highest BCUT2D eigenvalue weighted by atomic mass is 127. The van der Waals surface area contributed by atoms with Gasteiger partial charge in [-0.15, -0.1) is 24.0 Å². The van der Waals surface area contributed by atoms with Crippen molar-refractivity contribution in [1.82, 2.24) is 15.5 Å². The Kier molecular flexibility index (Phi) is 11.7. The summed E-state index contributed by atoms with van der Waals surface area (Å²) in [5.41, 5.74) is 0. The van der Waals surface area contributed by atoms with Crippen molar-refractivity contribution >= 4 is 29.9 Å². The lowest BCUT2D eigenvalue weighted by molar-refractivity contribution is 0.183. The van der Waals surface area contributed by atoms with Gasteiger partial charge in [0.2, 0.25) is 0 Å². The maximum atomic E-state index is 4.57. The molecule has 0 bridgehead atoms. The molecule has 114 valence electrons. The number of piperidine rings is 1. The second kappa shape index (κ2) is 11.8. The highest BCUT2D eigenvalue weighted by Crippen LogP contribution is 2.15. The van der Waals surface area contributed by atoms with Crippen molar-refractivity contribution < 1.29 is 0 Å². The zero-order chi connectivity index (χ0) is 13.2. The van der Waals surface area contributed by atoms with Gasteiger partial charge in [-0.3, -0.25) is 4.99 Å². The van der Waals surface area contributed by atoms with E-state index in [1.807, 2.05) is 0 Å². The van der Waals surface area contributed by atoms with Gasteiger partial charge < -0.3 is 15.5 Å². The molecule has 0 aliphatic carbocycles. The molecule has 5 heteroatoms. The van der Waals surface area contributed by atoms with Crippen LogP contribution in [0.2, 0.25) is 0 Å². The van der Waals surface area contributed by atoms with Crippen LogP contribution in [0.5, 0.6) is 0 Å². The Morgan fingerprint density at radius 3 is 2.53 bits per heavy atom. The number of likely N-dealkylation sites (tertiary alicyclic amines) is 1. The van der Waals surface area contributed by atoms with E-state index in [1.165, 1.54) is 32.5 Å². The van der Waals surface area contributed by atoms with E-state index in [2.05, 4.69) is 41.3 Å². The van der Waals surface area contributed by atoms with Crippen LogP contribution in [0.3, 0.4) is 0 Å². The zero-order valence-electron chi connectivity index (χ0n) is 12.7. The van der Waals surface area contributed by atoms with Gasteiger partial charge >= 0.3 is 0 Å². The molecule has 0 amide bonds. The first-order valence-corrected chi connectivity index (χ1v) is 7.50. The van der Waals surface area contributed by atoms with E-state index >= 15 is 0 Å². The SMILES string of the molecule is CCNC(=NCCCN1CCCC(C)C1)NCC.I. The zero-order valence-corrected chi connectivity index (χ0v) is 15.1. The maximum absolute atomic E-state index is 4.57. The second-order valence-electron chi connectivity index (χ2n) is 5.19. The summed E-state index contributed by atoms with van der Waals surface area (Å²) in [6.07, 6.45) is 3.93. The van der Waals surface area contributed by atoms with Gasteiger partial charge in [0.25, 0.3) is 0 Å². The molecule has 0 aromatic heterocycles. The standard InChI is InChI=1S/C14H30N4.HI/c1-4-15-14(16-5-2)17-9-7-11-18-10-6-8-13(3)12-18;/h13H,4-12H2,1-3H3,(H2,15,16,17);1H. The lowest BCUT2D eigenvalue weighted by Gasteiger charge is -2.30. The molecule has 0 aromatic rings. The average molecular weight is 382 g/mol. The number of nitrogens with zero attached hydrogens (tertiary/aromatic N) is 2. The van der Waals surface area contributed by atoms with Gasteiger partial charge in [-0.25, -0.2) is 0 Å². The quantitative estimate of drug-likeness (QED) is 0.321. The molecule has 0 spiro atoms. The van der Waals surface area contributed by atoms with E-state index < -0.39 is 0 Å². The Hall–Kier alpha value is -0.0400. The first-order chi connectivity index (χ1) is 8.76. The van der Waals surface area contributed by atoms with Gasteiger partial charge in [-0.1, -0.05) is 6.92 Å². The Balaban J connectivity index is 0.00000324. The third-order valence-electron chi connectivity index (χ3n) is 3.33. The molecule has 0 aromatic carbocycles. The minimum Gasteiger partial charge on any atom is -0.357 e. The first kappa shape index (κ1) is 19.0. The monoisotopic (exact) mass is 382 g/mol. The fourth-order valence-corrected chi connectivity index (χ4v) is 2.48. The van der Waals surface area contributed by atoms with Crippen molar-refractivity contribution in [2.45, 2.75) is 40.0 Å². The molecule has 1 fully saturated rings. The fourth-order valence-electron chi connectivity index (χ4n) is 2.48. The Bertz CT molecular complexity index is 238. The number of hydrogen-bond donors (Lipinski definition) is 2. The molecule has 1 saturated heterocycles. The van der Waals surface area contributed by atoms with Gasteiger partial charge in [0, 0.05) is 26.2 Å². The molecule has 2 N–H and O–H groups in total. The molecular formula is C14H31IN4. The van der Waals surface area contributed by atoms with Crippen LogP contribution >= 0.6 is 24.0 Å². The van der Waals surface area contributed by atoms with Gasteiger partial charge in [0.1, 0.15) is 0 Å². The number of nitrogens with one attached hydrogen (secondary N) is 2. The maximum Gasteiger partial charge on any atom is 0.191 e. The molecule has 0 radical (unpaired) electrons. The molecule has 1 atom stereocenters. The predicted molar refractivity (Wildman–Crippen MR) is 94.5 cm³/mol. The minimum atomic E-state index is 0. The largest absolute Gasteiger partial charge is 0.357 e. The third kappa shape index (κ3) is 8.68. The van der Waals surface area contributed by atoms with E-state index in [4.69, 9.17) is 0 Å². The summed E-state index contributed by atoms with van der Waals surface area (Å²) in [4.78, 5) is 7.16. The van der Waals surface area contributed by atoms with E-state index in [-0.39, 0.29) is 24.0 Å². The summed E-state index contributed by atoms with van der Waals surface area (Å²) in [6.45, 7) is 13.1. The summed E-state index contributed by atoms with van der Waals surface area (Å²) in [6, 6.07) is 0. The Labute approximate surface area is 135 Å². The molecule has 1 rings (SSSR count). The molecule has 19 heavy (non-hydrogen) atoms. The molecule has 1 heterocycles. The van der Waals surface area contributed by atoms with E-state index in [9.17, 15) is 0 Å². The van der Waals surface area contributed by atoms with Gasteiger partial charge in [0.05, 0.1) is 0 Å². The third-order valence-corrected chi connectivity index (χ3v) is 3.33. The van der Waals surface area contributed by atoms with Crippen LogP contribution in [0.25, 0.3) is 0 Å². The lowest BCUT2D eigenvalue weighted by Crippen LogP contribution is -2.37. The summed E-state index contributed by atoms with van der Waals surface area (Å²) < 4.78 is 0. The Morgan fingerprint density at radius 2 is 1.95 bits per heavy atom. The van der Waals surface area contributed by atoms with Crippen molar-refractivity contribution in [1.29, 1.82) is 0 Å². The number of guanidine groups is 1. The molecule has 0 saturated carbocycles. The molecule has 1 aliphatic rings. The molecule has 1 unspecified atom stereocenters. The second-order valence-corrected chi connectivity index (χ2v) is 5.19. The van der Waals surface area contributed by atoms with E-state index in [1.54, 1.807) is 0 Å². The van der Waals surface area contributed by atoms with Gasteiger partial charge in [-0.05, 0) is 52.1 Å². The van der Waals surface area contributed by atoms with Gasteiger partial charge in [0.15, 0.2) is 5.96 Å². The molecular weight excluding hydrogens is 351 g/mol. The summed E-state index contributed by atoms with van der Waals surface area (Å²) in [5, 5.41) is 6.51. The van der Waals surface area contributed by atoms with Crippen molar-refractivity contribution in [3.63, 3.8) is 0 Å². The molecule has 1 aliphatic heterocycles. The predicted octanol–water partition coefficient (Wildman–Crippen LogP) is 2.30. The number of rotatable bonds is 6. The summed E-state index contributed by atoms with van der Waals surface area (Å²) in [5.74, 6) is 1.83. The van der Waals surface area contributed by atoms with Crippen LogP contribution in [-0.4, -0.2) is 50.1 Å². The number of aliphatic imine (C=N–C) groups is 1. The van der Waals surface area contributed by atoms with Crippen LogP contribution in [0.1, 0.15) is 40.0 Å². The average Bonchev–Trinajstić information content (AvgIpc) is 2.35. The van der Waals surface area contributed by atoms with E-state index in [0.717, 1.165) is 37.9 Å². The number of hydrogen-bond acceptors (Lipinski definition) is 2. The fraction of sp³-hybridized carbons (Fsp3) is 0.929. The van der Waals surface area contributed by atoms with Crippen molar-refractivity contribution in [2.24, 2.45) is 10.9 Å². The minimum absolute atomic E-state index is 0. The van der Waals surface area contributed by atoms with Crippen LogP contribution in [0.15, 0.2) is 4.99 Å².